The molecule has 1 aliphatic rings. The van der Waals surface area contributed by atoms with Crippen molar-refractivity contribution < 1.29 is 32.4 Å². The Morgan fingerprint density at radius 2 is 1.45 bits per heavy atom. The van der Waals surface area contributed by atoms with E-state index in [0.717, 1.165) is 62.6 Å². The zero-order valence-electron chi connectivity index (χ0n) is 27.6. The molecule has 2 atom stereocenters. The molecule has 4 rings (SSSR count). The van der Waals surface area contributed by atoms with Crippen LogP contribution in [-0.2, 0) is 22.2 Å². The largest absolute Gasteiger partial charge is 0.474 e. The van der Waals surface area contributed by atoms with Crippen molar-refractivity contribution in [1.29, 1.82) is 0 Å². The summed E-state index contributed by atoms with van der Waals surface area (Å²) in [5.74, 6) is -1.70. The number of carbonyl (C=O) groups excluding carboxylic acids is 1. The molecule has 2 aromatic carbocycles. The van der Waals surface area contributed by atoms with Crippen LogP contribution in [0.3, 0.4) is 0 Å². The zero-order valence-corrected chi connectivity index (χ0v) is 27.6. The van der Waals surface area contributed by atoms with E-state index in [9.17, 15) is 27.9 Å². The summed E-state index contributed by atoms with van der Waals surface area (Å²) < 4.78 is 45.6. The lowest BCUT2D eigenvalue weighted by atomic mass is 9.87. The first-order valence-corrected chi connectivity index (χ1v) is 17.3. The quantitative estimate of drug-likeness (QED) is 0.115. The second-order valence-electron chi connectivity index (χ2n) is 12.8. The van der Waals surface area contributed by atoms with Crippen LogP contribution in [0.4, 0.5) is 13.2 Å². The van der Waals surface area contributed by atoms with Gasteiger partial charge in [0.2, 0.25) is 0 Å². The van der Waals surface area contributed by atoms with E-state index in [-0.39, 0.29) is 5.92 Å². The number of aromatic nitrogens is 2. The predicted octanol–water partition coefficient (Wildman–Crippen LogP) is 10.1. The molecular weight excluding hydrogens is 607 g/mol. The highest BCUT2D eigenvalue weighted by atomic mass is 19.4. The standard InChI is InChI=1S/C37H48F3N3O4/c1-3-5-6-7-8-9-10-11-12-17-32-41-34(47-42-32)29-20-18-26(19-21-29)31(4-2)43(35(44)36(45)46)33(27-15-13-14-16-27)28-22-24-30(25-23-28)37(38,39)40/h18-25,27,31,33H,3-17H2,1-2H3,(H,45,46). The lowest BCUT2D eigenvalue weighted by Crippen LogP contribution is -2.44. The van der Waals surface area contributed by atoms with Gasteiger partial charge in [0.25, 0.3) is 5.89 Å². The lowest BCUT2D eigenvalue weighted by molar-refractivity contribution is -0.160. The highest BCUT2D eigenvalue weighted by Gasteiger charge is 2.41. The maximum atomic E-state index is 13.4. The van der Waals surface area contributed by atoms with Gasteiger partial charge in [-0.2, -0.15) is 18.2 Å². The second-order valence-corrected chi connectivity index (χ2v) is 12.8. The third-order valence-electron chi connectivity index (χ3n) is 9.38. The number of carboxylic acid groups (broad SMARTS) is 1. The van der Waals surface area contributed by atoms with E-state index in [4.69, 9.17) is 4.52 Å². The molecular formula is C37H48F3N3O4. The van der Waals surface area contributed by atoms with Crippen LogP contribution in [0.5, 0.6) is 0 Å². The van der Waals surface area contributed by atoms with Crippen LogP contribution in [0.15, 0.2) is 53.1 Å². The number of carbonyl (C=O) groups is 2. The number of unbranched alkanes of at least 4 members (excludes halogenated alkanes) is 8. The Bertz CT molecular complexity index is 1400. The monoisotopic (exact) mass is 655 g/mol. The molecule has 7 nitrogen and oxygen atoms in total. The molecule has 47 heavy (non-hydrogen) atoms. The fraction of sp³-hybridized carbons (Fsp3) is 0.568. The first-order chi connectivity index (χ1) is 22.6. The normalized spacial score (nSPS) is 15.1. The van der Waals surface area contributed by atoms with Gasteiger partial charge in [0.1, 0.15) is 0 Å². The van der Waals surface area contributed by atoms with Gasteiger partial charge in [-0.25, -0.2) is 4.79 Å². The van der Waals surface area contributed by atoms with E-state index < -0.39 is 35.7 Å². The van der Waals surface area contributed by atoms with Crippen LogP contribution < -0.4 is 0 Å². The molecule has 1 heterocycles. The molecule has 1 aromatic heterocycles. The summed E-state index contributed by atoms with van der Waals surface area (Å²) >= 11 is 0. The number of halogens is 3. The molecule has 0 aliphatic heterocycles. The number of benzene rings is 2. The van der Waals surface area contributed by atoms with Crippen LogP contribution in [0.25, 0.3) is 11.5 Å². The number of aryl methyl sites for hydroxylation is 1. The second kappa shape index (κ2) is 17.5. The average molecular weight is 656 g/mol. The summed E-state index contributed by atoms with van der Waals surface area (Å²) in [5, 5.41) is 14.1. The van der Waals surface area contributed by atoms with Crippen molar-refractivity contribution in [1.82, 2.24) is 15.0 Å². The molecule has 3 aromatic rings. The SMILES string of the molecule is CCCCCCCCCCCc1noc(-c2ccc(C(CC)N(C(=O)C(=O)O)C(c3ccc(C(F)(F)F)cc3)C3CCCC3)cc2)n1. The maximum absolute atomic E-state index is 13.4. The fourth-order valence-corrected chi connectivity index (χ4v) is 6.88. The maximum Gasteiger partial charge on any atom is 0.416 e. The molecule has 0 saturated heterocycles. The van der Waals surface area contributed by atoms with E-state index in [1.54, 1.807) is 0 Å². The summed E-state index contributed by atoms with van der Waals surface area (Å²) in [4.78, 5) is 31.5. The minimum Gasteiger partial charge on any atom is -0.474 e. The van der Waals surface area contributed by atoms with Gasteiger partial charge in [-0.1, -0.05) is 107 Å². The number of nitrogens with zero attached hydrogens (tertiary/aromatic N) is 3. The minimum absolute atomic E-state index is 0.0778. The van der Waals surface area contributed by atoms with Crippen LogP contribution in [-0.4, -0.2) is 32.0 Å². The van der Waals surface area contributed by atoms with Crippen molar-refractivity contribution in [2.75, 3.05) is 0 Å². The average Bonchev–Trinajstić information content (AvgIpc) is 3.77. The molecule has 2 unspecified atom stereocenters. The molecule has 1 saturated carbocycles. The Kier molecular flexibility index (Phi) is 13.4. The fourth-order valence-electron chi connectivity index (χ4n) is 6.88. The first kappa shape index (κ1) is 36.2. The lowest BCUT2D eigenvalue weighted by Gasteiger charge is -2.40. The Morgan fingerprint density at radius 1 is 0.872 bits per heavy atom. The zero-order chi connectivity index (χ0) is 33.8. The smallest absolute Gasteiger partial charge is 0.416 e. The van der Waals surface area contributed by atoms with Crippen LogP contribution in [0, 0.1) is 5.92 Å². The molecule has 10 heteroatoms. The van der Waals surface area contributed by atoms with E-state index in [2.05, 4.69) is 17.1 Å². The van der Waals surface area contributed by atoms with Crippen LogP contribution >= 0.6 is 0 Å². The van der Waals surface area contributed by atoms with Crippen molar-refractivity contribution >= 4 is 11.9 Å². The van der Waals surface area contributed by atoms with Crippen molar-refractivity contribution in [3.05, 3.63) is 71.0 Å². The van der Waals surface area contributed by atoms with Gasteiger partial charge >= 0.3 is 18.1 Å². The Hall–Kier alpha value is -3.69. The molecule has 1 aliphatic carbocycles. The molecule has 256 valence electrons. The number of amides is 1. The number of hydrogen-bond acceptors (Lipinski definition) is 5. The summed E-state index contributed by atoms with van der Waals surface area (Å²) in [6.07, 6.45) is 11.1. The van der Waals surface area contributed by atoms with Crippen molar-refractivity contribution in [3.63, 3.8) is 0 Å². The van der Waals surface area contributed by atoms with Gasteiger partial charge in [-0.15, -0.1) is 0 Å². The molecule has 1 N–H and O–H groups in total. The number of alkyl halides is 3. The number of hydrogen-bond donors (Lipinski definition) is 1. The summed E-state index contributed by atoms with van der Waals surface area (Å²) in [5.41, 5.74) is 1.14. The van der Waals surface area contributed by atoms with Crippen molar-refractivity contribution in [3.8, 4) is 11.5 Å². The van der Waals surface area contributed by atoms with Crippen molar-refractivity contribution in [2.24, 2.45) is 5.92 Å². The minimum atomic E-state index is -4.50. The Morgan fingerprint density at radius 3 is 2.00 bits per heavy atom. The van der Waals surface area contributed by atoms with Crippen molar-refractivity contribution in [2.45, 2.75) is 128 Å². The topological polar surface area (TPSA) is 96.5 Å². The summed E-state index contributed by atoms with van der Waals surface area (Å²) in [6, 6.07) is 10.8. The number of aliphatic carboxylic acids is 1. The number of rotatable bonds is 17. The molecule has 0 spiro atoms. The number of carboxylic acids is 1. The third-order valence-corrected chi connectivity index (χ3v) is 9.38. The molecule has 0 radical (unpaired) electrons. The molecule has 0 bridgehead atoms. The highest BCUT2D eigenvalue weighted by Crippen LogP contribution is 2.44. The highest BCUT2D eigenvalue weighted by molar-refractivity contribution is 6.31. The first-order valence-electron chi connectivity index (χ1n) is 17.3. The van der Waals surface area contributed by atoms with Crippen LogP contribution in [0.2, 0.25) is 0 Å². The molecule has 1 amide bonds. The molecule has 1 fully saturated rings. The van der Waals surface area contributed by atoms with E-state index >= 15 is 0 Å². The Labute approximate surface area is 275 Å². The predicted molar refractivity (Wildman–Crippen MR) is 174 cm³/mol. The third kappa shape index (κ3) is 9.91. The van der Waals surface area contributed by atoms with E-state index in [0.29, 0.717) is 29.3 Å². The van der Waals surface area contributed by atoms with Gasteiger partial charge in [0.15, 0.2) is 5.82 Å². The van der Waals surface area contributed by atoms with Gasteiger partial charge in [-0.05, 0) is 67.0 Å². The Balaban J connectivity index is 1.49. The van der Waals surface area contributed by atoms with Gasteiger partial charge in [-0.3, -0.25) is 4.79 Å². The van der Waals surface area contributed by atoms with E-state index in [1.165, 1.54) is 62.0 Å². The van der Waals surface area contributed by atoms with Gasteiger partial charge < -0.3 is 14.5 Å². The van der Waals surface area contributed by atoms with Crippen LogP contribution in [0.1, 0.15) is 138 Å². The summed E-state index contributed by atoms with van der Waals surface area (Å²) in [7, 11) is 0. The van der Waals surface area contributed by atoms with Gasteiger partial charge in [0.05, 0.1) is 17.6 Å². The van der Waals surface area contributed by atoms with Gasteiger partial charge in [0, 0.05) is 12.0 Å². The summed E-state index contributed by atoms with van der Waals surface area (Å²) in [6.45, 7) is 4.10. The van der Waals surface area contributed by atoms with E-state index in [1.807, 2.05) is 31.2 Å².